The average molecular weight is 447 g/mol. The van der Waals surface area contributed by atoms with Gasteiger partial charge in [-0.15, -0.1) is 0 Å². The van der Waals surface area contributed by atoms with Gasteiger partial charge in [-0.3, -0.25) is 4.79 Å². The first-order chi connectivity index (χ1) is 15.3. The number of methoxy groups -OCH3 is 2. The van der Waals surface area contributed by atoms with Crippen molar-refractivity contribution in [1.29, 1.82) is 0 Å². The number of epoxide rings is 2. The lowest BCUT2D eigenvalue weighted by molar-refractivity contribution is -0.161. The van der Waals surface area contributed by atoms with Crippen LogP contribution in [0.1, 0.15) is 53.4 Å². The molecule has 0 spiro atoms. The van der Waals surface area contributed by atoms with Crippen molar-refractivity contribution in [2.45, 2.75) is 90.2 Å². The van der Waals surface area contributed by atoms with Gasteiger partial charge in [0.05, 0.1) is 12.2 Å². The zero-order chi connectivity index (χ0) is 22.6. The Balaban J connectivity index is 1.31. The van der Waals surface area contributed by atoms with Crippen molar-refractivity contribution in [1.82, 2.24) is 0 Å². The molecule has 178 valence electrons. The monoisotopic (exact) mass is 446 g/mol. The van der Waals surface area contributed by atoms with Gasteiger partial charge in [0.2, 0.25) is 0 Å². The molecule has 0 aromatic rings. The third kappa shape index (κ3) is 2.70. The molecule has 0 bridgehead atoms. The zero-order valence-corrected chi connectivity index (χ0v) is 20.2. The maximum Gasteiger partial charge on any atom is 0.303 e. The molecule has 4 unspecified atom stereocenters. The van der Waals surface area contributed by atoms with Gasteiger partial charge in [0.1, 0.15) is 18.3 Å². The van der Waals surface area contributed by atoms with E-state index in [4.69, 9.17) is 23.7 Å². The van der Waals surface area contributed by atoms with E-state index in [1.807, 2.05) is 0 Å². The Hall–Kier alpha value is -0.950. The molecule has 0 radical (unpaired) electrons. The smallest absolute Gasteiger partial charge is 0.303 e. The van der Waals surface area contributed by atoms with Crippen molar-refractivity contribution in [3.63, 3.8) is 0 Å². The van der Waals surface area contributed by atoms with E-state index >= 15 is 0 Å². The molecule has 6 heteroatoms. The van der Waals surface area contributed by atoms with E-state index < -0.39 is 0 Å². The highest BCUT2D eigenvalue weighted by Crippen LogP contribution is 2.72. The third-order valence-electron chi connectivity index (χ3n) is 10.6. The number of carbonyl (C=O) groups excluding carboxylic acids is 1. The highest BCUT2D eigenvalue weighted by Gasteiger charge is 2.75. The number of fused-ring (bicyclic) bond motifs is 10. The van der Waals surface area contributed by atoms with Gasteiger partial charge in [-0.2, -0.15) is 0 Å². The average Bonchev–Trinajstić information content (AvgIpc) is 3.65. The molecule has 0 N–H and O–H groups in total. The summed E-state index contributed by atoms with van der Waals surface area (Å²) in [5.74, 6) is 2.55. The number of hydrogen-bond donors (Lipinski definition) is 0. The minimum absolute atomic E-state index is 0.00369. The van der Waals surface area contributed by atoms with Gasteiger partial charge in [-0.05, 0) is 66.4 Å². The number of rotatable bonds is 5. The molecule has 0 aromatic heterocycles. The first kappa shape index (κ1) is 21.6. The second-order valence-electron chi connectivity index (χ2n) is 11.7. The summed E-state index contributed by atoms with van der Waals surface area (Å²) < 4.78 is 29.6. The van der Waals surface area contributed by atoms with Crippen LogP contribution in [0.5, 0.6) is 0 Å². The molecule has 2 heterocycles. The molecule has 2 aliphatic heterocycles. The molecule has 6 rings (SSSR count). The van der Waals surface area contributed by atoms with Gasteiger partial charge in [-0.1, -0.05) is 20.8 Å². The number of ether oxygens (including phenoxy) is 5. The Kier molecular flexibility index (Phi) is 4.74. The standard InChI is InChI=1S/C26H38O6/c1-12(24(28-5)29-6)14-7-8-15-19-16(9-10-25(14,15)3)26(4)17(20-22(19)31-20)11-18(30-13(2)27)21-23(26)32-21/h11-12,14-16,18-24H,7-10H2,1-6H3/t12?,14-,15?,16?,18-,19?,20-,21+,22+,23+,25-,26-/m1/s1. The van der Waals surface area contributed by atoms with Crippen molar-refractivity contribution in [2.75, 3.05) is 14.2 Å². The van der Waals surface area contributed by atoms with Crippen LogP contribution in [0, 0.1) is 40.4 Å². The fourth-order valence-corrected chi connectivity index (χ4v) is 9.23. The van der Waals surface area contributed by atoms with Crippen LogP contribution in [0.2, 0.25) is 0 Å². The van der Waals surface area contributed by atoms with Gasteiger partial charge in [-0.25, -0.2) is 0 Å². The van der Waals surface area contributed by atoms with Gasteiger partial charge in [0.25, 0.3) is 0 Å². The van der Waals surface area contributed by atoms with Crippen molar-refractivity contribution in [3.8, 4) is 0 Å². The highest BCUT2D eigenvalue weighted by molar-refractivity contribution is 5.66. The van der Waals surface area contributed by atoms with E-state index in [9.17, 15) is 4.79 Å². The van der Waals surface area contributed by atoms with Crippen molar-refractivity contribution in [3.05, 3.63) is 11.6 Å². The summed E-state index contributed by atoms with van der Waals surface area (Å²) >= 11 is 0. The fourth-order valence-electron chi connectivity index (χ4n) is 9.23. The summed E-state index contributed by atoms with van der Waals surface area (Å²) in [6.45, 7) is 8.73. The molecular weight excluding hydrogens is 408 g/mol. The molecule has 6 aliphatic rings. The lowest BCUT2D eigenvalue weighted by Crippen LogP contribution is -2.56. The fraction of sp³-hybridized carbons (Fsp3) is 0.885. The summed E-state index contributed by atoms with van der Waals surface area (Å²) in [5, 5.41) is 0. The highest BCUT2D eigenvalue weighted by atomic mass is 16.7. The number of carbonyl (C=O) groups is 1. The van der Waals surface area contributed by atoms with Gasteiger partial charge >= 0.3 is 5.97 Å². The molecule has 0 amide bonds. The number of esters is 1. The van der Waals surface area contributed by atoms with Crippen LogP contribution in [-0.2, 0) is 28.5 Å². The van der Waals surface area contributed by atoms with Crippen LogP contribution in [0.4, 0.5) is 0 Å². The van der Waals surface area contributed by atoms with E-state index in [0.717, 1.165) is 0 Å². The quantitative estimate of drug-likeness (QED) is 0.277. The van der Waals surface area contributed by atoms with E-state index in [0.29, 0.717) is 41.1 Å². The first-order valence-electron chi connectivity index (χ1n) is 12.5. The summed E-state index contributed by atoms with van der Waals surface area (Å²) in [5.41, 5.74) is 1.64. The molecule has 6 nitrogen and oxygen atoms in total. The van der Waals surface area contributed by atoms with E-state index in [1.54, 1.807) is 14.2 Å². The first-order valence-corrected chi connectivity index (χ1v) is 12.5. The van der Waals surface area contributed by atoms with Crippen LogP contribution in [0.3, 0.4) is 0 Å². The van der Waals surface area contributed by atoms with Gasteiger partial charge < -0.3 is 23.7 Å². The molecule has 4 aliphatic carbocycles. The minimum Gasteiger partial charge on any atom is -0.455 e. The van der Waals surface area contributed by atoms with Crippen LogP contribution in [-0.4, -0.2) is 57.0 Å². The van der Waals surface area contributed by atoms with Gasteiger partial charge in [0.15, 0.2) is 6.29 Å². The molecule has 2 saturated heterocycles. The SMILES string of the molecule is COC(OC)C(C)[C@H]1CCC2C3C(CC[C@@]21C)[C@]1(C)C(=C[C@@H](OC(C)=O)[C@@H]2O[C@@H]21)[C@H]1O[C@@H]31. The molecule has 5 fully saturated rings. The van der Waals surface area contributed by atoms with E-state index in [2.05, 4.69) is 26.8 Å². The summed E-state index contributed by atoms with van der Waals surface area (Å²) in [7, 11) is 3.51. The van der Waals surface area contributed by atoms with Crippen molar-refractivity contribution < 1.29 is 28.5 Å². The summed E-state index contributed by atoms with van der Waals surface area (Å²) in [6, 6.07) is 0. The maximum absolute atomic E-state index is 11.6. The molecular formula is C26H38O6. The predicted octanol–water partition coefficient (Wildman–Crippen LogP) is 3.73. The third-order valence-corrected chi connectivity index (χ3v) is 10.6. The number of hydrogen-bond acceptors (Lipinski definition) is 6. The Morgan fingerprint density at radius 3 is 2.53 bits per heavy atom. The molecule has 32 heavy (non-hydrogen) atoms. The zero-order valence-electron chi connectivity index (χ0n) is 20.2. The van der Waals surface area contributed by atoms with Crippen LogP contribution < -0.4 is 0 Å². The lowest BCUT2D eigenvalue weighted by Gasteiger charge is -2.57. The van der Waals surface area contributed by atoms with Crippen LogP contribution in [0.15, 0.2) is 11.6 Å². The molecule has 12 atom stereocenters. The van der Waals surface area contributed by atoms with Crippen LogP contribution in [0.25, 0.3) is 0 Å². The van der Waals surface area contributed by atoms with Crippen molar-refractivity contribution >= 4 is 5.97 Å². The van der Waals surface area contributed by atoms with E-state index in [1.165, 1.54) is 38.2 Å². The largest absolute Gasteiger partial charge is 0.455 e. The summed E-state index contributed by atoms with van der Waals surface area (Å²) in [6.07, 6.45) is 7.37. The maximum atomic E-state index is 11.6. The van der Waals surface area contributed by atoms with Crippen LogP contribution >= 0.6 is 0 Å². The Morgan fingerprint density at radius 2 is 1.84 bits per heavy atom. The lowest BCUT2D eigenvalue weighted by atomic mass is 9.46. The van der Waals surface area contributed by atoms with Crippen molar-refractivity contribution in [2.24, 2.45) is 40.4 Å². The minimum atomic E-state index is -0.257. The predicted molar refractivity (Wildman–Crippen MR) is 117 cm³/mol. The topological polar surface area (TPSA) is 69.8 Å². The van der Waals surface area contributed by atoms with Gasteiger partial charge in [0, 0.05) is 32.5 Å². The Labute approximate surface area is 191 Å². The second kappa shape index (κ2) is 7.03. The molecule has 3 saturated carbocycles. The van der Waals surface area contributed by atoms with E-state index in [-0.39, 0.29) is 42.1 Å². The Bertz CT molecular complexity index is 836. The summed E-state index contributed by atoms with van der Waals surface area (Å²) in [4.78, 5) is 11.6. The second-order valence-corrected chi connectivity index (χ2v) is 11.7. The normalized spacial score (nSPS) is 53.2. The molecule has 0 aromatic carbocycles. The Morgan fingerprint density at radius 1 is 1.09 bits per heavy atom.